The molecule has 134 valence electrons. The van der Waals surface area contributed by atoms with Gasteiger partial charge in [-0.3, -0.25) is 4.98 Å². The van der Waals surface area contributed by atoms with Crippen LogP contribution in [0.1, 0.15) is 24.2 Å². The highest BCUT2D eigenvalue weighted by Gasteiger charge is 2.27. The number of aliphatic hydroxyl groups excluding tert-OH is 1. The van der Waals surface area contributed by atoms with E-state index in [-0.39, 0.29) is 29.5 Å². The van der Waals surface area contributed by atoms with Crippen molar-refractivity contribution in [2.45, 2.75) is 19.6 Å². The third-order valence-corrected chi connectivity index (χ3v) is 4.14. The maximum Gasteiger partial charge on any atom is 0.339 e. The minimum Gasteiger partial charge on any atom is -0.487 e. The van der Waals surface area contributed by atoms with Gasteiger partial charge in [-0.05, 0) is 24.6 Å². The highest BCUT2D eigenvalue weighted by atomic mass is 35.5. The number of carbonyl (C=O) groups excluding carboxylic acids is 1. The molecule has 3 aromatic rings. The Morgan fingerprint density at radius 2 is 2.00 bits per heavy atom. The number of rotatable bonds is 6. The number of fused-ring (bicyclic) bond motifs is 1. The smallest absolute Gasteiger partial charge is 0.339 e. The van der Waals surface area contributed by atoms with Crippen LogP contribution in [0.15, 0.2) is 54.7 Å². The van der Waals surface area contributed by atoms with Crippen LogP contribution in [0, 0.1) is 0 Å². The van der Waals surface area contributed by atoms with E-state index in [4.69, 9.17) is 21.1 Å². The zero-order valence-electron chi connectivity index (χ0n) is 14.2. The molecule has 0 aliphatic heterocycles. The van der Waals surface area contributed by atoms with Crippen molar-refractivity contribution in [2.24, 2.45) is 0 Å². The first-order valence-electron chi connectivity index (χ1n) is 8.20. The average molecular weight is 372 g/mol. The Morgan fingerprint density at radius 1 is 1.23 bits per heavy atom. The van der Waals surface area contributed by atoms with E-state index in [1.165, 1.54) is 0 Å². The second-order valence-corrected chi connectivity index (χ2v) is 6.01. The van der Waals surface area contributed by atoms with Gasteiger partial charge >= 0.3 is 5.97 Å². The molecule has 1 aromatic heterocycles. The summed E-state index contributed by atoms with van der Waals surface area (Å²) in [5.41, 5.74) is 1.75. The number of aromatic nitrogens is 1. The molecule has 0 bridgehead atoms. The Balaban J connectivity index is 2.06. The summed E-state index contributed by atoms with van der Waals surface area (Å²) in [6.45, 7) is 2.08. The summed E-state index contributed by atoms with van der Waals surface area (Å²) in [5, 5.41) is 11.4. The summed E-state index contributed by atoms with van der Waals surface area (Å²) in [4.78, 5) is 16.4. The quantitative estimate of drug-likeness (QED) is 0.661. The third kappa shape index (κ3) is 3.79. The Kier molecular flexibility index (Phi) is 5.71. The van der Waals surface area contributed by atoms with E-state index in [1.807, 2.05) is 30.3 Å². The number of ether oxygens (including phenoxy) is 2. The van der Waals surface area contributed by atoms with Gasteiger partial charge in [-0.2, -0.15) is 0 Å². The van der Waals surface area contributed by atoms with E-state index in [2.05, 4.69) is 4.98 Å². The largest absolute Gasteiger partial charge is 0.487 e. The maximum absolute atomic E-state index is 12.1. The van der Waals surface area contributed by atoms with E-state index in [9.17, 15) is 9.90 Å². The van der Waals surface area contributed by atoms with Gasteiger partial charge in [0.25, 0.3) is 0 Å². The molecule has 26 heavy (non-hydrogen) atoms. The molecule has 6 heteroatoms. The summed E-state index contributed by atoms with van der Waals surface area (Å²) in [6.07, 6.45) is 0.0927. The zero-order valence-corrected chi connectivity index (χ0v) is 14.9. The number of benzene rings is 2. The number of pyridine rings is 1. The van der Waals surface area contributed by atoms with Gasteiger partial charge in [0.05, 0.1) is 17.1 Å². The van der Waals surface area contributed by atoms with Crippen molar-refractivity contribution in [1.82, 2.24) is 4.98 Å². The molecule has 0 saturated carbocycles. The van der Waals surface area contributed by atoms with Crippen LogP contribution in [0.3, 0.4) is 0 Å². The van der Waals surface area contributed by atoms with Crippen LogP contribution in [0.4, 0.5) is 0 Å². The van der Waals surface area contributed by atoms with E-state index >= 15 is 0 Å². The molecule has 0 amide bonds. The molecule has 2 aromatic carbocycles. The molecular formula is C20H18ClNO4. The Bertz CT molecular complexity index is 914. The second kappa shape index (κ2) is 8.17. The first-order chi connectivity index (χ1) is 12.6. The van der Waals surface area contributed by atoms with Gasteiger partial charge < -0.3 is 14.6 Å². The van der Waals surface area contributed by atoms with Crippen LogP contribution >= 0.6 is 11.6 Å². The highest BCUT2D eigenvalue weighted by molar-refractivity contribution is 6.33. The Morgan fingerprint density at radius 3 is 2.73 bits per heavy atom. The fourth-order valence-electron chi connectivity index (χ4n) is 2.68. The summed E-state index contributed by atoms with van der Waals surface area (Å²) < 4.78 is 10.8. The van der Waals surface area contributed by atoms with Crippen LogP contribution in [0.5, 0.6) is 5.75 Å². The zero-order chi connectivity index (χ0) is 18.5. The minimum atomic E-state index is -1.52. The molecular weight excluding hydrogens is 354 g/mol. The Hall–Kier alpha value is -2.63. The number of nitrogens with zero attached hydrogens (tertiary/aromatic N) is 1. The van der Waals surface area contributed by atoms with Crippen molar-refractivity contribution in [1.29, 1.82) is 0 Å². The predicted octanol–water partition coefficient (Wildman–Crippen LogP) is 4.06. The lowest BCUT2D eigenvalue weighted by molar-refractivity contribution is -0.153. The summed E-state index contributed by atoms with van der Waals surface area (Å²) in [7, 11) is 0. The van der Waals surface area contributed by atoms with Gasteiger partial charge in [-0.25, -0.2) is 4.79 Å². The van der Waals surface area contributed by atoms with Crippen molar-refractivity contribution in [2.75, 3.05) is 6.61 Å². The van der Waals surface area contributed by atoms with E-state index in [0.29, 0.717) is 10.9 Å². The number of carbonyl (C=O) groups is 1. The molecule has 0 aliphatic carbocycles. The predicted molar refractivity (Wildman–Crippen MR) is 99.1 cm³/mol. The lowest BCUT2D eigenvalue weighted by Crippen LogP contribution is -2.17. The van der Waals surface area contributed by atoms with Crippen molar-refractivity contribution in [3.05, 3.63) is 70.9 Å². The van der Waals surface area contributed by atoms with Crippen LogP contribution in [-0.2, 0) is 16.1 Å². The third-order valence-electron chi connectivity index (χ3n) is 3.86. The number of halogens is 1. The number of hydrogen-bond donors (Lipinski definition) is 1. The normalized spacial score (nSPS) is 12.0. The molecule has 0 aliphatic rings. The monoisotopic (exact) mass is 371 g/mol. The number of hydrogen-bond acceptors (Lipinski definition) is 5. The van der Waals surface area contributed by atoms with Gasteiger partial charge in [0.15, 0.2) is 6.10 Å². The van der Waals surface area contributed by atoms with Gasteiger partial charge in [-0.1, -0.05) is 48.0 Å². The minimum absolute atomic E-state index is 0.160. The van der Waals surface area contributed by atoms with Crippen LogP contribution in [0.25, 0.3) is 10.9 Å². The molecule has 5 nitrogen and oxygen atoms in total. The van der Waals surface area contributed by atoms with E-state index in [1.54, 1.807) is 31.3 Å². The lowest BCUT2D eigenvalue weighted by Gasteiger charge is -2.19. The van der Waals surface area contributed by atoms with Crippen LogP contribution in [0.2, 0.25) is 5.02 Å². The summed E-state index contributed by atoms with van der Waals surface area (Å²) in [6, 6.07) is 14.7. The molecule has 0 radical (unpaired) electrons. The van der Waals surface area contributed by atoms with Crippen molar-refractivity contribution < 1.29 is 19.4 Å². The summed E-state index contributed by atoms with van der Waals surface area (Å²) in [5.74, 6) is -0.513. The van der Waals surface area contributed by atoms with Crippen LogP contribution in [-0.4, -0.2) is 22.7 Å². The fraction of sp³-hybridized carbons (Fsp3) is 0.200. The standard InChI is InChI=1S/C20H18ClNO4/c1-2-25-20(24)18(23)17-14-9-6-10-22-16(14)11-15(21)19(17)26-12-13-7-4-3-5-8-13/h3-11,18,23H,2,12H2,1H3. The van der Waals surface area contributed by atoms with E-state index < -0.39 is 12.1 Å². The second-order valence-electron chi connectivity index (χ2n) is 5.60. The topological polar surface area (TPSA) is 68.7 Å². The lowest BCUT2D eigenvalue weighted by atomic mass is 10.0. The first kappa shape index (κ1) is 18.2. The molecule has 1 atom stereocenters. The average Bonchev–Trinajstić information content (AvgIpc) is 2.66. The number of esters is 1. The maximum atomic E-state index is 12.1. The van der Waals surface area contributed by atoms with Crippen molar-refractivity contribution in [3.8, 4) is 5.75 Å². The number of aliphatic hydroxyl groups is 1. The molecule has 0 spiro atoms. The van der Waals surface area contributed by atoms with Crippen molar-refractivity contribution >= 4 is 28.5 Å². The van der Waals surface area contributed by atoms with Gasteiger partial charge in [0.2, 0.25) is 0 Å². The van der Waals surface area contributed by atoms with Gasteiger partial charge in [0, 0.05) is 17.1 Å². The summed E-state index contributed by atoms with van der Waals surface area (Å²) >= 11 is 6.37. The van der Waals surface area contributed by atoms with E-state index in [0.717, 1.165) is 5.56 Å². The molecule has 1 heterocycles. The first-order valence-corrected chi connectivity index (χ1v) is 8.58. The molecule has 1 N–H and O–H groups in total. The van der Waals surface area contributed by atoms with Crippen LogP contribution < -0.4 is 4.74 Å². The molecule has 0 fully saturated rings. The Labute approximate surface area is 156 Å². The molecule has 3 rings (SSSR count). The molecule has 0 saturated heterocycles. The fourth-order valence-corrected chi connectivity index (χ4v) is 2.94. The van der Waals surface area contributed by atoms with Gasteiger partial charge in [-0.15, -0.1) is 0 Å². The van der Waals surface area contributed by atoms with Gasteiger partial charge in [0.1, 0.15) is 12.4 Å². The highest BCUT2D eigenvalue weighted by Crippen LogP contribution is 2.39. The molecule has 1 unspecified atom stereocenters. The SMILES string of the molecule is CCOC(=O)C(O)c1c(OCc2ccccc2)c(Cl)cc2ncccc12. The van der Waals surface area contributed by atoms with Crippen molar-refractivity contribution in [3.63, 3.8) is 0 Å².